The maximum Gasteiger partial charge on any atom is 0.265 e. The van der Waals surface area contributed by atoms with Crippen molar-refractivity contribution in [3.05, 3.63) is 89.5 Å². The Hall–Kier alpha value is -3.60. The standard InChI is InChI=1S/C23H20N2O3/c1-16-7-9-17(10-8-16)14-25-20-12-11-19(13-21(20)28-15-22(25)26)24-23(27)18-5-3-2-4-6-18/h2-13H,14-15H2,1H3,(H,24,27). The highest BCUT2D eigenvalue weighted by molar-refractivity contribution is 6.05. The minimum atomic E-state index is -0.191. The van der Waals surface area contributed by atoms with Gasteiger partial charge >= 0.3 is 0 Å². The van der Waals surface area contributed by atoms with E-state index in [0.29, 0.717) is 29.2 Å². The van der Waals surface area contributed by atoms with Crippen molar-refractivity contribution in [3.63, 3.8) is 0 Å². The van der Waals surface area contributed by atoms with Gasteiger partial charge in [0, 0.05) is 17.3 Å². The van der Waals surface area contributed by atoms with Crippen LogP contribution in [-0.2, 0) is 11.3 Å². The third-order valence-corrected chi connectivity index (χ3v) is 4.66. The lowest BCUT2D eigenvalue weighted by molar-refractivity contribution is -0.121. The zero-order valence-electron chi connectivity index (χ0n) is 15.5. The lowest BCUT2D eigenvalue weighted by atomic mass is 10.1. The summed E-state index contributed by atoms with van der Waals surface area (Å²) < 4.78 is 5.61. The minimum absolute atomic E-state index is 0.0189. The van der Waals surface area contributed by atoms with Crippen LogP contribution in [0.5, 0.6) is 5.75 Å². The van der Waals surface area contributed by atoms with Crippen LogP contribution in [0.25, 0.3) is 0 Å². The molecule has 1 aliphatic heterocycles. The van der Waals surface area contributed by atoms with E-state index in [-0.39, 0.29) is 18.4 Å². The van der Waals surface area contributed by atoms with Crippen LogP contribution in [0, 0.1) is 6.92 Å². The monoisotopic (exact) mass is 372 g/mol. The van der Waals surface area contributed by atoms with E-state index in [1.807, 2.05) is 49.4 Å². The molecule has 0 fully saturated rings. The molecular weight excluding hydrogens is 352 g/mol. The fourth-order valence-electron chi connectivity index (χ4n) is 3.12. The number of aryl methyl sites for hydroxylation is 1. The summed E-state index contributed by atoms with van der Waals surface area (Å²) in [6, 6.07) is 22.5. The van der Waals surface area contributed by atoms with Crippen LogP contribution in [0.1, 0.15) is 21.5 Å². The topological polar surface area (TPSA) is 58.6 Å². The summed E-state index contributed by atoms with van der Waals surface area (Å²) in [5, 5.41) is 2.87. The Morgan fingerprint density at radius 2 is 1.79 bits per heavy atom. The Balaban J connectivity index is 1.55. The van der Waals surface area contributed by atoms with Crippen LogP contribution in [-0.4, -0.2) is 18.4 Å². The molecule has 1 N–H and O–H groups in total. The van der Waals surface area contributed by atoms with Gasteiger partial charge in [-0.2, -0.15) is 0 Å². The van der Waals surface area contributed by atoms with E-state index in [2.05, 4.69) is 5.32 Å². The second-order valence-electron chi connectivity index (χ2n) is 6.76. The first-order valence-corrected chi connectivity index (χ1v) is 9.09. The molecule has 3 aromatic carbocycles. The molecule has 0 aliphatic carbocycles. The van der Waals surface area contributed by atoms with E-state index in [9.17, 15) is 9.59 Å². The molecule has 0 aromatic heterocycles. The van der Waals surface area contributed by atoms with Gasteiger partial charge in [0.15, 0.2) is 6.61 Å². The molecule has 0 saturated heterocycles. The second kappa shape index (κ2) is 7.56. The molecule has 28 heavy (non-hydrogen) atoms. The Bertz CT molecular complexity index is 1010. The highest BCUT2D eigenvalue weighted by atomic mass is 16.5. The Morgan fingerprint density at radius 3 is 2.54 bits per heavy atom. The smallest absolute Gasteiger partial charge is 0.265 e. The van der Waals surface area contributed by atoms with Crippen molar-refractivity contribution >= 4 is 23.2 Å². The van der Waals surface area contributed by atoms with Gasteiger partial charge in [-0.05, 0) is 36.8 Å². The molecule has 4 rings (SSSR count). The molecule has 0 saturated carbocycles. The predicted octanol–water partition coefficient (Wildman–Crippen LogP) is 4.17. The molecule has 5 heteroatoms. The quantitative estimate of drug-likeness (QED) is 0.748. The molecule has 3 aromatic rings. The molecule has 5 nitrogen and oxygen atoms in total. The van der Waals surface area contributed by atoms with Crippen LogP contribution in [0.3, 0.4) is 0 Å². The summed E-state index contributed by atoms with van der Waals surface area (Å²) in [5.74, 6) is 0.302. The molecule has 0 unspecified atom stereocenters. The summed E-state index contributed by atoms with van der Waals surface area (Å²) in [7, 11) is 0. The molecule has 0 atom stereocenters. The van der Waals surface area contributed by atoms with Crippen molar-refractivity contribution in [1.82, 2.24) is 0 Å². The van der Waals surface area contributed by atoms with E-state index in [0.717, 1.165) is 5.56 Å². The maximum absolute atomic E-state index is 12.4. The highest BCUT2D eigenvalue weighted by Crippen LogP contribution is 2.35. The average molecular weight is 372 g/mol. The number of benzene rings is 3. The predicted molar refractivity (Wildman–Crippen MR) is 109 cm³/mol. The van der Waals surface area contributed by atoms with Gasteiger partial charge in [-0.15, -0.1) is 0 Å². The third-order valence-electron chi connectivity index (χ3n) is 4.66. The zero-order chi connectivity index (χ0) is 19.5. The van der Waals surface area contributed by atoms with Gasteiger partial charge in [0.1, 0.15) is 5.75 Å². The number of anilines is 2. The molecule has 140 valence electrons. The highest BCUT2D eigenvalue weighted by Gasteiger charge is 2.26. The molecule has 0 spiro atoms. The van der Waals surface area contributed by atoms with Gasteiger partial charge in [-0.1, -0.05) is 48.0 Å². The maximum atomic E-state index is 12.4. The van der Waals surface area contributed by atoms with E-state index >= 15 is 0 Å². The summed E-state index contributed by atoms with van der Waals surface area (Å²) in [6.07, 6.45) is 0. The van der Waals surface area contributed by atoms with Gasteiger partial charge < -0.3 is 15.0 Å². The van der Waals surface area contributed by atoms with Crippen molar-refractivity contribution in [2.45, 2.75) is 13.5 Å². The van der Waals surface area contributed by atoms with Crippen molar-refractivity contribution in [3.8, 4) is 5.75 Å². The fraction of sp³-hybridized carbons (Fsp3) is 0.130. The Morgan fingerprint density at radius 1 is 1.04 bits per heavy atom. The first-order chi connectivity index (χ1) is 13.6. The zero-order valence-corrected chi connectivity index (χ0v) is 15.5. The largest absolute Gasteiger partial charge is 0.481 e. The van der Waals surface area contributed by atoms with Gasteiger partial charge in [-0.3, -0.25) is 9.59 Å². The van der Waals surface area contributed by atoms with Gasteiger partial charge in [-0.25, -0.2) is 0 Å². The number of hydrogen-bond acceptors (Lipinski definition) is 3. The Labute approximate surface area is 163 Å². The lowest BCUT2D eigenvalue weighted by Crippen LogP contribution is -2.38. The number of ether oxygens (including phenoxy) is 1. The van der Waals surface area contributed by atoms with Crippen LogP contribution < -0.4 is 15.0 Å². The molecule has 2 amide bonds. The van der Waals surface area contributed by atoms with Crippen LogP contribution in [0.2, 0.25) is 0 Å². The van der Waals surface area contributed by atoms with E-state index in [1.165, 1.54) is 5.56 Å². The first-order valence-electron chi connectivity index (χ1n) is 9.09. The number of carbonyl (C=O) groups excluding carboxylic acids is 2. The second-order valence-corrected chi connectivity index (χ2v) is 6.76. The normalized spacial score (nSPS) is 12.9. The third kappa shape index (κ3) is 3.74. The summed E-state index contributed by atoms with van der Waals surface area (Å²) >= 11 is 0. The number of fused-ring (bicyclic) bond motifs is 1. The number of rotatable bonds is 4. The fourth-order valence-corrected chi connectivity index (χ4v) is 3.12. The van der Waals surface area contributed by atoms with Crippen LogP contribution in [0.4, 0.5) is 11.4 Å². The summed E-state index contributed by atoms with van der Waals surface area (Å²) in [5.41, 5.74) is 4.13. The van der Waals surface area contributed by atoms with Crippen molar-refractivity contribution < 1.29 is 14.3 Å². The van der Waals surface area contributed by atoms with Gasteiger partial charge in [0.2, 0.25) is 0 Å². The number of hydrogen-bond donors (Lipinski definition) is 1. The average Bonchev–Trinajstić information content (AvgIpc) is 2.72. The van der Waals surface area contributed by atoms with Crippen molar-refractivity contribution in [2.75, 3.05) is 16.8 Å². The molecule has 0 bridgehead atoms. The van der Waals surface area contributed by atoms with Gasteiger partial charge in [0.05, 0.1) is 12.2 Å². The number of amides is 2. The van der Waals surface area contributed by atoms with E-state index in [1.54, 1.807) is 35.2 Å². The van der Waals surface area contributed by atoms with Crippen LogP contribution >= 0.6 is 0 Å². The number of carbonyl (C=O) groups is 2. The minimum Gasteiger partial charge on any atom is -0.481 e. The van der Waals surface area contributed by atoms with Crippen LogP contribution in [0.15, 0.2) is 72.8 Å². The molecule has 0 radical (unpaired) electrons. The Kier molecular flexibility index (Phi) is 4.81. The van der Waals surface area contributed by atoms with Crippen molar-refractivity contribution in [2.24, 2.45) is 0 Å². The molecule has 1 aliphatic rings. The van der Waals surface area contributed by atoms with Crippen molar-refractivity contribution in [1.29, 1.82) is 0 Å². The number of nitrogens with one attached hydrogen (secondary N) is 1. The van der Waals surface area contributed by atoms with Gasteiger partial charge in [0.25, 0.3) is 11.8 Å². The summed E-state index contributed by atoms with van der Waals surface area (Å²) in [4.78, 5) is 26.5. The lowest BCUT2D eigenvalue weighted by Gasteiger charge is -2.30. The molecular formula is C23H20N2O3. The molecule has 1 heterocycles. The van der Waals surface area contributed by atoms with E-state index in [4.69, 9.17) is 4.74 Å². The first kappa shape index (κ1) is 17.8. The van der Waals surface area contributed by atoms with E-state index < -0.39 is 0 Å². The SMILES string of the molecule is Cc1ccc(CN2C(=O)COc3cc(NC(=O)c4ccccc4)ccc32)cc1. The summed E-state index contributed by atoms with van der Waals surface area (Å²) in [6.45, 7) is 2.49. The number of nitrogens with zero attached hydrogens (tertiary/aromatic N) is 1.